The fourth-order valence-electron chi connectivity index (χ4n) is 2.71. The van der Waals surface area contributed by atoms with Crippen LogP contribution in [0.4, 0.5) is 11.5 Å². The van der Waals surface area contributed by atoms with E-state index in [1.807, 2.05) is 19.1 Å². The van der Waals surface area contributed by atoms with Gasteiger partial charge in [0, 0.05) is 13.1 Å². The Hall–Kier alpha value is -1.45. The Bertz CT molecular complexity index is 414. The quantitative estimate of drug-likeness (QED) is 0.907. The van der Waals surface area contributed by atoms with Gasteiger partial charge in [-0.25, -0.2) is 0 Å². The van der Waals surface area contributed by atoms with Crippen molar-refractivity contribution >= 4 is 11.5 Å². The summed E-state index contributed by atoms with van der Waals surface area (Å²) < 4.78 is 5.47. The van der Waals surface area contributed by atoms with E-state index in [1.54, 1.807) is 0 Å². The van der Waals surface area contributed by atoms with Gasteiger partial charge in [0.2, 0.25) is 5.88 Å². The summed E-state index contributed by atoms with van der Waals surface area (Å²) in [6.45, 7) is 4.87. The molecule has 0 amide bonds. The minimum atomic E-state index is 0.552. The average Bonchev–Trinajstić information content (AvgIpc) is 2.41. The number of anilines is 2. The van der Waals surface area contributed by atoms with E-state index in [2.05, 4.69) is 23.9 Å². The van der Waals surface area contributed by atoms with E-state index in [9.17, 15) is 0 Å². The standard InChI is InChI=1S/C15H25N3O/c1-4-19-15-13(16)9-10-14(17-15)18(3)12-7-5-11(2)6-8-12/h9-12H,4-8,16H2,1-3H3. The zero-order valence-electron chi connectivity index (χ0n) is 12.2. The minimum absolute atomic E-state index is 0.552. The molecule has 4 nitrogen and oxygen atoms in total. The highest BCUT2D eigenvalue weighted by Gasteiger charge is 2.23. The predicted molar refractivity (Wildman–Crippen MR) is 79.6 cm³/mol. The van der Waals surface area contributed by atoms with E-state index in [0.29, 0.717) is 24.2 Å². The lowest BCUT2D eigenvalue weighted by Gasteiger charge is -2.34. The van der Waals surface area contributed by atoms with Gasteiger partial charge in [0.05, 0.1) is 12.3 Å². The third-order valence-electron chi connectivity index (χ3n) is 4.05. The lowest BCUT2D eigenvalue weighted by atomic mass is 9.87. The van der Waals surface area contributed by atoms with Crippen molar-refractivity contribution in [2.45, 2.75) is 45.6 Å². The highest BCUT2D eigenvalue weighted by atomic mass is 16.5. The minimum Gasteiger partial charge on any atom is -0.476 e. The summed E-state index contributed by atoms with van der Waals surface area (Å²) in [5.74, 6) is 2.37. The predicted octanol–water partition coefficient (Wildman–Crippen LogP) is 3.08. The monoisotopic (exact) mass is 263 g/mol. The lowest BCUT2D eigenvalue weighted by molar-refractivity contribution is 0.325. The van der Waals surface area contributed by atoms with Gasteiger partial charge in [-0.15, -0.1) is 0 Å². The number of nitrogens with two attached hydrogens (primary N) is 1. The maximum absolute atomic E-state index is 5.87. The lowest BCUT2D eigenvalue weighted by Crippen LogP contribution is -2.35. The summed E-state index contributed by atoms with van der Waals surface area (Å²) in [4.78, 5) is 6.81. The molecular weight excluding hydrogens is 238 g/mol. The summed E-state index contributed by atoms with van der Waals surface area (Å²) in [6.07, 6.45) is 5.10. The molecule has 19 heavy (non-hydrogen) atoms. The van der Waals surface area contributed by atoms with Gasteiger partial charge >= 0.3 is 0 Å². The van der Waals surface area contributed by atoms with Gasteiger partial charge in [-0.2, -0.15) is 4.98 Å². The van der Waals surface area contributed by atoms with E-state index in [0.717, 1.165) is 11.7 Å². The molecule has 2 rings (SSSR count). The van der Waals surface area contributed by atoms with Crippen molar-refractivity contribution in [1.82, 2.24) is 4.98 Å². The van der Waals surface area contributed by atoms with E-state index >= 15 is 0 Å². The number of rotatable bonds is 4. The first-order valence-electron chi connectivity index (χ1n) is 7.24. The van der Waals surface area contributed by atoms with E-state index < -0.39 is 0 Å². The molecule has 0 spiro atoms. The summed E-state index contributed by atoms with van der Waals surface area (Å²) in [5, 5.41) is 0. The number of nitrogens with zero attached hydrogens (tertiary/aromatic N) is 2. The molecular formula is C15H25N3O. The molecule has 106 valence electrons. The van der Waals surface area contributed by atoms with Crippen molar-refractivity contribution in [3.05, 3.63) is 12.1 Å². The second kappa shape index (κ2) is 6.13. The van der Waals surface area contributed by atoms with Gasteiger partial charge in [-0.3, -0.25) is 0 Å². The summed E-state index contributed by atoms with van der Waals surface area (Å²) in [7, 11) is 2.12. The Morgan fingerprint density at radius 1 is 1.32 bits per heavy atom. The van der Waals surface area contributed by atoms with Crippen LogP contribution in [0.2, 0.25) is 0 Å². The first kappa shape index (κ1) is 14.0. The first-order valence-corrected chi connectivity index (χ1v) is 7.24. The van der Waals surface area contributed by atoms with Crippen LogP contribution in [0.5, 0.6) is 5.88 Å². The topological polar surface area (TPSA) is 51.4 Å². The Morgan fingerprint density at radius 3 is 2.63 bits per heavy atom. The maximum Gasteiger partial charge on any atom is 0.239 e. The van der Waals surface area contributed by atoms with E-state index in [1.165, 1.54) is 25.7 Å². The van der Waals surface area contributed by atoms with Crippen LogP contribution in [0, 0.1) is 5.92 Å². The van der Waals surface area contributed by atoms with Crippen LogP contribution in [-0.2, 0) is 0 Å². The van der Waals surface area contributed by atoms with Gasteiger partial charge in [0.1, 0.15) is 5.82 Å². The molecule has 2 N–H and O–H groups in total. The largest absolute Gasteiger partial charge is 0.476 e. The molecule has 0 radical (unpaired) electrons. The second-order valence-corrected chi connectivity index (χ2v) is 5.52. The second-order valence-electron chi connectivity index (χ2n) is 5.52. The average molecular weight is 263 g/mol. The van der Waals surface area contributed by atoms with E-state index in [4.69, 9.17) is 10.5 Å². The molecule has 0 atom stereocenters. The summed E-state index contributed by atoms with van der Waals surface area (Å²) in [6, 6.07) is 4.45. The van der Waals surface area contributed by atoms with Crippen LogP contribution in [-0.4, -0.2) is 24.7 Å². The van der Waals surface area contributed by atoms with Crippen molar-refractivity contribution in [3.8, 4) is 5.88 Å². The van der Waals surface area contributed by atoms with Gasteiger partial charge in [0.15, 0.2) is 0 Å². The molecule has 1 aromatic rings. The van der Waals surface area contributed by atoms with Crippen LogP contribution in [0.15, 0.2) is 12.1 Å². The molecule has 0 aromatic carbocycles. The fraction of sp³-hybridized carbons (Fsp3) is 0.667. The van der Waals surface area contributed by atoms with Crippen LogP contribution >= 0.6 is 0 Å². The summed E-state index contributed by atoms with van der Waals surface area (Å²) >= 11 is 0. The van der Waals surface area contributed by atoms with Gasteiger partial charge in [-0.1, -0.05) is 6.92 Å². The molecule has 4 heteroatoms. The smallest absolute Gasteiger partial charge is 0.239 e. The van der Waals surface area contributed by atoms with Crippen LogP contribution in [0.25, 0.3) is 0 Å². The zero-order chi connectivity index (χ0) is 13.8. The SMILES string of the molecule is CCOc1nc(N(C)C2CCC(C)CC2)ccc1N. The van der Waals surface area contributed by atoms with Crippen LogP contribution < -0.4 is 15.4 Å². The molecule has 1 aliphatic carbocycles. The molecule has 0 bridgehead atoms. The molecule has 1 saturated carbocycles. The molecule has 1 aromatic heterocycles. The Kier molecular flexibility index (Phi) is 4.51. The van der Waals surface area contributed by atoms with Crippen molar-refractivity contribution < 1.29 is 4.74 Å². The van der Waals surface area contributed by atoms with Crippen LogP contribution in [0.3, 0.4) is 0 Å². The number of hydrogen-bond donors (Lipinski definition) is 1. The Balaban J connectivity index is 2.10. The third kappa shape index (κ3) is 3.31. The first-order chi connectivity index (χ1) is 9.11. The molecule has 0 aliphatic heterocycles. The fourth-order valence-corrected chi connectivity index (χ4v) is 2.71. The maximum atomic E-state index is 5.87. The molecule has 1 aliphatic rings. The normalized spacial score (nSPS) is 23.1. The Morgan fingerprint density at radius 2 is 2.00 bits per heavy atom. The highest BCUT2D eigenvalue weighted by Crippen LogP contribution is 2.30. The van der Waals surface area contributed by atoms with Crippen LogP contribution in [0.1, 0.15) is 39.5 Å². The zero-order valence-corrected chi connectivity index (χ0v) is 12.2. The molecule has 1 fully saturated rings. The van der Waals surface area contributed by atoms with Crippen molar-refractivity contribution in [3.63, 3.8) is 0 Å². The molecule has 0 unspecified atom stereocenters. The number of hydrogen-bond acceptors (Lipinski definition) is 4. The van der Waals surface area contributed by atoms with E-state index in [-0.39, 0.29) is 0 Å². The van der Waals surface area contributed by atoms with Gasteiger partial charge < -0.3 is 15.4 Å². The third-order valence-corrected chi connectivity index (χ3v) is 4.05. The van der Waals surface area contributed by atoms with Crippen molar-refractivity contribution in [2.24, 2.45) is 5.92 Å². The summed E-state index contributed by atoms with van der Waals surface area (Å²) in [5.41, 5.74) is 6.47. The van der Waals surface area contributed by atoms with Gasteiger partial charge in [-0.05, 0) is 50.7 Å². The molecule has 0 saturated heterocycles. The molecule has 1 heterocycles. The number of pyridine rings is 1. The number of nitrogen functional groups attached to an aromatic ring is 1. The van der Waals surface area contributed by atoms with Crippen molar-refractivity contribution in [1.29, 1.82) is 0 Å². The Labute approximate surface area is 116 Å². The van der Waals surface area contributed by atoms with Gasteiger partial charge in [0.25, 0.3) is 0 Å². The highest BCUT2D eigenvalue weighted by molar-refractivity contribution is 5.54. The van der Waals surface area contributed by atoms with Crippen molar-refractivity contribution in [2.75, 3.05) is 24.3 Å². The number of aromatic nitrogens is 1. The number of ether oxygens (including phenoxy) is 1.